The molecule has 0 atom stereocenters. The molecule has 4 heteroatoms. The number of ether oxygens (including phenoxy) is 1. The van der Waals surface area contributed by atoms with Crippen molar-refractivity contribution in [3.05, 3.63) is 40.9 Å². The molecule has 2 heterocycles. The minimum Gasteiger partial charge on any atom is -0.487 e. The average molecular weight is 230 g/mol. The van der Waals surface area contributed by atoms with Crippen molar-refractivity contribution < 1.29 is 13.6 Å². The first-order valence-corrected chi connectivity index (χ1v) is 5.36. The van der Waals surface area contributed by atoms with Crippen molar-refractivity contribution in [2.75, 3.05) is 6.61 Å². The third kappa shape index (κ3) is 1.58. The fourth-order valence-electron chi connectivity index (χ4n) is 1.82. The highest BCUT2D eigenvalue weighted by atomic mass is 16.5. The summed E-state index contributed by atoms with van der Waals surface area (Å²) in [5, 5.41) is 1.79. The normalized spacial score (nSPS) is 11.1. The molecule has 0 spiro atoms. The molecule has 0 amide bonds. The number of hydrogen-bond donors (Lipinski definition) is 0. The SMILES string of the molecule is CCOc1cc2cc3ccoc3cc2oc1=O. The van der Waals surface area contributed by atoms with E-state index in [0.29, 0.717) is 17.8 Å². The molecule has 3 rings (SSSR count). The Bertz CT molecular complexity index is 736. The lowest BCUT2D eigenvalue weighted by Gasteiger charge is -2.02. The molecule has 17 heavy (non-hydrogen) atoms. The molecule has 0 aliphatic rings. The second-order valence-corrected chi connectivity index (χ2v) is 3.68. The molecule has 0 bridgehead atoms. The maximum Gasteiger partial charge on any atom is 0.379 e. The molecule has 0 unspecified atom stereocenters. The Kier molecular flexibility index (Phi) is 2.14. The molecule has 0 aliphatic carbocycles. The predicted molar refractivity (Wildman–Crippen MR) is 63.4 cm³/mol. The molecular weight excluding hydrogens is 220 g/mol. The van der Waals surface area contributed by atoms with Crippen molar-refractivity contribution in [2.24, 2.45) is 0 Å². The largest absolute Gasteiger partial charge is 0.487 e. The van der Waals surface area contributed by atoms with Gasteiger partial charge in [-0.05, 0) is 25.1 Å². The van der Waals surface area contributed by atoms with Crippen molar-refractivity contribution >= 4 is 21.9 Å². The van der Waals surface area contributed by atoms with Gasteiger partial charge in [0, 0.05) is 16.8 Å². The highest BCUT2D eigenvalue weighted by Gasteiger charge is 2.08. The van der Waals surface area contributed by atoms with Gasteiger partial charge < -0.3 is 13.6 Å². The molecule has 4 nitrogen and oxygen atoms in total. The second kappa shape index (κ2) is 3.66. The van der Waals surface area contributed by atoms with Crippen LogP contribution in [0.15, 0.2) is 44.2 Å². The molecule has 0 saturated heterocycles. The Morgan fingerprint density at radius 2 is 2.06 bits per heavy atom. The van der Waals surface area contributed by atoms with Gasteiger partial charge in [-0.1, -0.05) is 0 Å². The Hall–Kier alpha value is -2.23. The Morgan fingerprint density at radius 1 is 1.18 bits per heavy atom. The molecule has 0 fully saturated rings. The lowest BCUT2D eigenvalue weighted by atomic mass is 10.2. The van der Waals surface area contributed by atoms with Crippen molar-refractivity contribution in [3.8, 4) is 5.75 Å². The first-order chi connectivity index (χ1) is 8.28. The Balaban J connectivity index is 2.33. The summed E-state index contributed by atoms with van der Waals surface area (Å²) >= 11 is 0. The van der Waals surface area contributed by atoms with Gasteiger partial charge in [0.25, 0.3) is 0 Å². The standard InChI is InChI=1S/C13H10O4/c1-2-15-12-6-9-5-8-3-4-16-10(8)7-11(9)17-13(12)14/h3-7H,2H2,1H3. The van der Waals surface area contributed by atoms with Crippen LogP contribution in [0.5, 0.6) is 5.75 Å². The molecule has 0 radical (unpaired) electrons. The second-order valence-electron chi connectivity index (χ2n) is 3.68. The first kappa shape index (κ1) is 9.96. The summed E-state index contributed by atoms with van der Waals surface area (Å²) in [6.07, 6.45) is 1.60. The lowest BCUT2D eigenvalue weighted by molar-refractivity contribution is 0.322. The molecule has 86 valence electrons. The summed E-state index contributed by atoms with van der Waals surface area (Å²) < 4.78 is 15.6. The van der Waals surface area contributed by atoms with E-state index in [2.05, 4.69) is 0 Å². The van der Waals surface area contributed by atoms with E-state index in [4.69, 9.17) is 13.6 Å². The maximum atomic E-state index is 11.6. The quantitative estimate of drug-likeness (QED) is 0.635. The summed E-state index contributed by atoms with van der Waals surface area (Å²) in [5.74, 6) is 0.239. The topological polar surface area (TPSA) is 52.6 Å². The minimum absolute atomic E-state index is 0.239. The minimum atomic E-state index is -0.467. The summed E-state index contributed by atoms with van der Waals surface area (Å²) in [4.78, 5) is 11.6. The average Bonchev–Trinajstić information content (AvgIpc) is 2.74. The van der Waals surface area contributed by atoms with E-state index >= 15 is 0 Å². The fraction of sp³-hybridized carbons (Fsp3) is 0.154. The number of furan rings is 1. The van der Waals surface area contributed by atoms with Crippen molar-refractivity contribution in [1.29, 1.82) is 0 Å². The van der Waals surface area contributed by atoms with E-state index < -0.39 is 5.63 Å². The molecule has 0 aliphatic heterocycles. The zero-order valence-electron chi connectivity index (χ0n) is 9.23. The van der Waals surface area contributed by atoms with E-state index in [9.17, 15) is 4.79 Å². The van der Waals surface area contributed by atoms with Gasteiger partial charge in [-0.15, -0.1) is 0 Å². The van der Waals surface area contributed by atoms with Gasteiger partial charge in [-0.25, -0.2) is 4.79 Å². The van der Waals surface area contributed by atoms with Crippen LogP contribution in [0.3, 0.4) is 0 Å². The Morgan fingerprint density at radius 3 is 2.88 bits per heavy atom. The highest BCUT2D eigenvalue weighted by molar-refractivity contribution is 5.93. The van der Waals surface area contributed by atoms with Crippen molar-refractivity contribution in [2.45, 2.75) is 6.92 Å². The zero-order valence-corrected chi connectivity index (χ0v) is 9.23. The lowest BCUT2D eigenvalue weighted by Crippen LogP contribution is -2.05. The van der Waals surface area contributed by atoms with Crippen LogP contribution >= 0.6 is 0 Å². The van der Waals surface area contributed by atoms with Crippen molar-refractivity contribution in [3.63, 3.8) is 0 Å². The predicted octanol–water partition coefficient (Wildman–Crippen LogP) is 2.94. The van der Waals surface area contributed by atoms with Crippen LogP contribution in [0.4, 0.5) is 0 Å². The van der Waals surface area contributed by atoms with Gasteiger partial charge in [0.15, 0.2) is 0 Å². The number of rotatable bonds is 2. The van der Waals surface area contributed by atoms with Gasteiger partial charge in [0.05, 0.1) is 12.9 Å². The van der Waals surface area contributed by atoms with Crippen LogP contribution in [0.1, 0.15) is 6.92 Å². The van der Waals surface area contributed by atoms with Crippen LogP contribution in [0.25, 0.3) is 21.9 Å². The summed E-state index contributed by atoms with van der Waals surface area (Å²) in [6, 6.07) is 7.17. The van der Waals surface area contributed by atoms with Gasteiger partial charge in [-0.2, -0.15) is 0 Å². The van der Waals surface area contributed by atoms with E-state index in [-0.39, 0.29) is 5.75 Å². The monoisotopic (exact) mass is 230 g/mol. The molecule has 3 aromatic rings. The van der Waals surface area contributed by atoms with E-state index in [1.54, 1.807) is 18.4 Å². The molecule has 0 saturated carbocycles. The van der Waals surface area contributed by atoms with Crippen LogP contribution in [-0.4, -0.2) is 6.61 Å². The Labute approximate surface area is 96.4 Å². The van der Waals surface area contributed by atoms with Crippen molar-refractivity contribution in [1.82, 2.24) is 0 Å². The molecule has 1 aromatic carbocycles. The van der Waals surface area contributed by atoms with Gasteiger partial charge in [-0.3, -0.25) is 0 Å². The number of benzene rings is 1. The van der Waals surface area contributed by atoms with E-state index in [1.165, 1.54) is 0 Å². The third-order valence-electron chi connectivity index (χ3n) is 2.58. The van der Waals surface area contributed by atoms with Gasteiger partial charge in [0.1, 0.15) is 11.2 Å². The maximum absolute atomic E-state index is 11.6. The van der Waals surface area contributed by atoms with Crippen LogP contribution in [-0.2, 0) is 0 Å². The van der Waals surface area contributed by atoms with Gasteiger partial charge in [0.2, 0.25) is 5.75 Å². The van der Waals surface area contributed by atoms with Crippen LogP contribution < -0.4 is 10.4 Å². The summed E-state index contributed by atoms with van der Waals surface area (Å²) in [6.45, 7) is 2.26. The van der Waals surface area contributed by atoms with E-state index in [0.717, 1.165) is 10.8 Å². The molecule has 2 aromatic heterocycles. The van der Waals surface area contributed by atoms with E-state index in [1.807, 2.05) is 19.1 Å². The third-order valence-corrected chi connectivity index (χ3v) is 2.58. The first-order valence-electron chi connectivity index (χ1n) is 5.36. The van der Waals surface area contributed by atoms with Crippen LogP contribution in [0, 0.1) is 0 Å². The molecule has 0 N–H and O–H groups in total. The zero-order chi connectivity index (χ0) is 11.8. The fourth-order valence-corrected chi connectivity index (χ4v) is 1.82. The number of hydrogen-bond acceptors (Lipinski definition) is 4. The number of fused-ring (bicyclic) bond motifs is 2. The summed E-state index contributed by atoms with van der Waals surface area (Å²) in [5.41, 5.74) is 0.732. The van der Waals surface area contributed by atoms with Crippen LogP contribution in [0.2, 0.25) is 0 Å². The van der Waals surface area contributed by atoms with Gasteiger partial charge >= 0.3 is 5.63 Å². The highest BCUT2D eigenvalue weighted by Crippen LogP contribution is 2.24. The summed E-state index contributed by atoms with van der Waals surface area (Å²) in [7, 11) is 0. The molecular formula is C13H10O4. The smallest absolute Gasteiger partial charge is 0.379 e.